The first-order valence-electron chi connectivity index (χ1n) is 4.99. The van der Waals surface area contributed by atoms with Crippen LogP contribution in [0.15, 0.2) is 46.1 Å². The minimum Gasteiger partial charge on any atom is -0.459 e. The molecule has 1 aromatic carbocycles. The third kappa shape index (κ3) is 2.91. The topological polar surface area (TPSA) is 54.6 Å². The molecule has 0 bridgehead atoms. The average Bonchev–Trinajstić information content (AvgIpc) is 2.86. The predicted octanol–water partition coefficient (Wildman–Crippen LogP) is 3.35. The molecule has 0 fully saturated rings. The largest absolute Gasteiger partial charge is 0.459 e. The van der Waals surface area contributed by atoms with Gasteiger partial charge in [0.25, 0.3) is 0 Å². The van der Waals surface area contributed by atoms with Gasteiger partial charge >= 0.3 is 5.91 Å². The van der Waals surface area contributed by atoms with E-state index in [0.717, 1.165) is 0 Å². The van der Waals surface area contributed by atoms with Gasteiger partial charge in [0.1, 0.15) is 0 Å². The summed E-state index contributed by atoms with van der Waals surface area (Å²) in [4.78, 5) is 11.5. The van der Waals surface area contributed by atoms with E-state index in [1.54, 1.807) is 24.3 Å². The summed E-state index contributed by atoms with van der Waals surface area (Å²) < 4.78 is 4.91. The minimum absolute atomic E-state index is 0.178. The number of nitrogens with one attached hydrogen (secondary N) is 1. The number of hydrogen-bond acceptors (Lipinski definition) is 3. The monoisotopic (exact) mass is 282 g/mol. The Morgan fingerprint density at radius 1 is 1.22 bits per heavy atom. The molecule has 0 aliphatic heterocycles. The number of carbonyl (C=O) groups is 1. The van der Waals surface area contributed by atoms with Crippen molar-refractivity contribution in [3.63, 3.8) is 0 Å². The van der Waals surface area contributed by atoms with Crippen LogP contribution in [-0.4, -0.2) is 12.1 Å². The molecule has 1 N–H and O–H groups in total. The molecule has 1 amide bonds. The summed E-state index contributed by atoms with van der Waals surface area (Å²) in [7, 11) is 0. The molecule has 1 aromatic heterocycles. The molecule has 18 heavy (non-hydrogen) atoms. The Balaban J connectivity index is 2.06. The van der Waals surface area contributed by atoms with Crippen LogP contribution in [0.4, 0.5) is 0 Å². The molecule has 2 aromatic rings. The molecule has 0 saturated carbocycles. The van der Waals surface area contributed by atoms with Crippen LogP contribution in [0.2, 0.25) is 10.0 Å². The smallest absolute Gasteiger partial charge is 0.307 e. The van der Waals surface area contributed by atoms with Crippen molar-refractivity contribution in [2.75, 3.05) is 0 Å². The number of amides is 1. The van der Waals surface area contributed by atoms with Gasteiger partial charge in [0, 0.05) is 5.56 Å². The van der Waals surface area contributed by atoms with Crippen molar-refractivity contribution < 1.29 is 9.21 Å². The number of rotatable bonds is 3. The maximum absolute atomic E-state index is 11.5. The van der Waals surface area contributed by atoms with Gasteiger partial charge in [0.2, 0.25) is 0 Å². The van der Waals surface area contributed by atoms with Gasteiger partial charge in [-0.3, -0.25) is 4.79 Å². The number of halogens is 2. The summed E-state index contributed by atoms with van der Waals surface area (Å²) >= 11 is 11.9. The molecular formula is C12H8Cl2N2O2. The van der Waals surface area contributed by atoms with E-state index in [-0.39, 0.29) is 5.76 Å². The van der Waals surface area contributed by atoms with Crippen LogP contribution in [0.1, 0.15) is 16.1 Å². The van der Waals surface area contributed by atoms with E-state index in [0.29, 0.717) is 15.6 Å². The lowest BCUT2D eigenvalue weighted by Gasteiger charge is -2.00. The highest BCUT2D eigenvalue weighted by Crippen LogP contribution is 2.21. The first-order valence-corrected chi connectivity index (χ1v) is 5.75. The molecule has 4 nitrogen and oxygen atoms in total. The normalized spacial score (nSPS) is 10.8. The number of hydrogen-bond donors (Lipinski definition) is 1. The summed E-state index contributed by atoms with van der Waals surface area (Å²) in [6.45, 7) is 0. The third-order valence-corrected chi connectivity index (χ3v) is 2.76. The van der Waals surface area contributed by atoms with Crippen molar-refractivity contribution in [3.05, 3.63) is 58.0 Å². The lowest BCUT2D eigenvalue weighted by Crippen LogP contribution is -2.16. The van der Waals surface area contributed by atoms with Gasteiger partial charge in [-0.05, 0) is 24.3 Å². The van der Waals surface area contributed by atoms with E-state index >= 15 is 0 Å². The first kappa shape index (κ1) is 12.7. The highest BCUT2D eigenvalue weighted by molar-refractivity contribution is 6.38. The van der Waals surface area contributed by atoms with Gasteiger partial charge in [0.05, 0.1) is 22.5 Å². The van der Waals surface area contributed by atoms with Crippen LogP contribution in [0.25, 0.3) is 0 Å². The molecule has 0 saturated heterocycles. The summed E-state index contributed by atoms with van der Waals surface area (Å²) in [5.74, 6) is -0.267. The van der Waals surface area contributed by atoms with E-state index in [2.05, 4.69) is 10.5 Å². The van der Waals surface area contributed by atoms with E-state index in [9.17, 15) is 4.79 Å². The van der Waals surface area contributed by atoms with Crippen LogP contribution in [0.5, 0.6) is 0 Å². The fourth-order valence-corrected chi connectivity index (χ4v) is 1.75. The second-order valence-corrected chi connectivity index (χ2v) is 4.13. The standard InChI is InChI=1S/C12H8Cl2N2O2/c13-9-3-1-4-10(14)8(9)7-15-16-12(17)11-5-2-6-18-11/h1-7H,(H,16,17). The van der Waals surface area contributed by atoms with Crippen LogP contribution >= 0.6 is 23.2 Å². The Bertz CT molecular complexity index is 560. The molecule has 92 valence electrons. The zero-order valence-corrected chi connectivity index (χ0v) is 10.6. The molecule has 0 aliphatic rings. The molecule has 1 heterocycles. The number of furan rings is 1. The van der Waals surface area contributed by atoms with Crippen molar-refractivity contribution in [1.82, 2.24) is 5.43 Å². The van der Waals surface area contributed by atoms with Gasteiger partial charge in [-0.1, -0.05) is 29.3 Å². The van der Waals surface area contributed by atoms with E-state index in [1.807, 2.05) is 0 Å². The van der Waals surface area contributed by atoms with Gasteiger partial charge in [-0.2, -0.15) is 5.10 Å². The maximum Gasteiger partial charge on any atom is 0.307 e. The van der Waals surface area contributed by atoms with Crippen LogP contribution in [0.3, 0.4) is 0 Å². The van der Waals surface area contributed by atoms with Gasteiger partial charge in [-0.15, -0.1) is 0 Å². The SMILES string of the molecule is O=C(NN=Cc1c(Cl)cccc1Cl)c1ccco1. The van der Waals surface area contributed by atoms with E-state index in [1.165, 1.54) is 18.5 Å². The van der Waals surface area contributed by atoms with Crippen molar-refractivity contribution in [2.24, 2.45) is 5.10 Å². The second kappa shape index (κ2) is 5.71. The highest BCUT2D eigenvalue weighted by atomic mass is 35.5. The summed E-state index contributed by atoms with van der Waals surface area (Å²) in [5.41, 5.74) is 2.85. The number of nitrogens with zero attached hydrogens (tertiary/aromatic N) is 1. The fraction of sp³-hybridized carbons (Fsp3) is 0. The minimum atomic E-state index is -0.445. The summed E-state index contributed by atoms with van der Waals surface area (Å²) in [6, 6.07) is 8.24. The average molecular weight is 283 g/mol. The molecule has 0 spiro atoms. The lowest BCUT2D eigenvalue weighted by molar-refractivity contribution is 0.0927. The van der Waals surface area contributed by atoms with Gasteiger partial charge < -0.3 is 4.42 Å². The summed E-state index contributed by atoms with van der Waals surface area (Å²) in [5, 5.41) is 4.68. The Morgan fingerprint density at radius 2 is 1.94 bits per heavy atom. The zero-order chi connectivity index (χ0) is 13.0. The molecule has 6 heteroatoms. The number of benzene rings is 1. The quantitative estimate of drug-likeness (QED) is 0.693. The molecule has 0 aliphatic carbocycles. The molecule has 0 atom stereocenters. The van der Waals surface area contributed by atoms with Crippen LogP contribution in [0, 0.1) is 0 Å². The lowest BCUT2D eigenvalue weighted by atomic mass is 10.2. The van der Waals surface area contributed by atoms with Crippen LogP contribution < -0.4 is 5.43 Å². The Labute approximate surface area is 113 Å². The Morgan fingerprint density at radius 3 is 2.56 bits per heavy atom. The van der Waals surface area contributed by atoms with Crippen molar-refractivity contribution >= 4 is 35.3 Å². The number of carbonyl (C=O) groups excluding carboxylic acids is 1. The first-order chi connectivity index (χ1) is 8.68. The number of hydrazone groups is 1. The zero-order valence-electron chi connectivity index (χ0n) is 9.06. The maximum atomic E-state index is 11.5. The second-order valence-electron chi connectivity index (χ2n) is 3.31. The Kier molecular flexibility index (Phi) is 4.02. The molecular weight excluding hydrogens is 275 g/mol. The Hall–Kier alpha value is -1.78. The van der Waals surface area contributed by atoms with Gasteiger partial charge in [-0.25, -0.2) is 5.43 Å². The summed E-state index contributed by atoms with van der Waals surface area (Å²) in [6.07, 6.45) is 2.79. The van der Waals surface area contributed by atoms with Gasteiger partial charge in [0.15, 0.2) is 5.76 Å². The molecule has 2 rings (SSSR count). The fourth-order valence-electron chi connectivity index (χ4n) is 1.25. The van der Waals surface area contributed by atoms with Crippen molar-refractivity contribution in [1.29, 1.82) is 0 Å². The van der Waals surface area contributed by atoms with Crippen LogP contribution in [-0.2, 0) is 0 Å². The van der Waals surface area contributed by atoms with Crippen molar-refractivity contribution in [3.8, 4) is 0 Å². The molecule has 0 unspecified atom stereocenters. The van der Waals surface area contributed by atoms with Crippen molar-refractivity contribution in [2.45, 2.75) is 0 Å². The highest BCUT2D eigenvalue weighted by Gasteiger charge is 2.06. The van der Waals surface area contributed by atoms with E-state index in [4.69, 9.17) is 27.6 Å². The van der Waals surface area contributed by atoms with E-state index < -0.39 is 5.91 Å². The molecule has 0 radical (unpaired) electrons. The predicted molar refractivity (Wildman–Crippen MR) is 70.2 cm³/mol. The third-order valence-electron chi connectivity index (χ3n) is 2.10.